The van der Waals surface area contributed by atoms with Gasteiger partial charge in [0.1, 0.15) is 18.2 Å². The first kappa shape index (κ1) is 12.1. The number of aryl methyl sites for hydroxylation is 1. The second-order valence-corrected chi connectivity index (χ2v) is 2.92. The van der Waals surface area contributed by atoms with Gasteiger partial charge < -0.3 is 0 Å². The van der Waals surface area contributed by atoms with E-state index in [4.69, 9.17) is 5.26 Å². The monoisotopic (exact) mass is 217 g/mol. The Morgan fingerprint density at radius 3 is 2.56 bits per heavy atom. The zero-order valence-corrected chi connectivity index (χ0v) is 9.45. The second kappa shape index (κ2) is 5.17. The molecule has 0 aliphatic carbocycles. The minimum atomic E-state index is -0.438. The highest BCUT2D eigenvalue weighted by atomic mass is 19.1. The summed E-state index contributed by atoms with van der Waals surface area (Å²) in [6.45, 7) is 5.75. The molecular weight excluding hydrogens is 205 g/mol. The number of hydrogen-bond donors (Lipinski definition) is 0. The van der Waals surface area contributed by atoms with E-state index in [2.05, 4.69) is 9.97 Å². The summed E-state index contributed by atoms with van der Waals surface area (Å²) in [7, 11) is 0. The molecular formula is C12H12FN3. The molecule has 3 nitrogen and oxygen atoms in total. The molecule has 0 aliphatic heterocycles. The molecule has 0 bridgehead atoms. The highest BCUT2D eigenvalue weighted by molar-refractivity contribution is 5.85. The van der Waals surface area contributed by atoms with Crippen LogP contribution in [0.3, 0.4) is 0 Å². The lowest BCUT2D eigenvalue weighted by molar-refractivity contribution is 0.629. The Kier molecular flexibility index (Phi) is 3.90. The van der Waals surface area contributed by atoms with Gasteiger partial charge in [0, 0.05) is 11.1 Å². The van der Waals surface area contributed by atoms with Crippen molar-refractivity contribution < 1.29 is 4.39 Å². The van der Waals surface area contributed by atoms with Crippen LogP contribution in [0.25, 0.3) is 10.9 Å². The van der Waals surface area contributed by atoms with E-state index >= 15 is 0 Å². The summed E-state index contributed by atoms with van der Waals surface area (Å²) in [5, 5.41) is 9.36. The second-order valence-electron chi connectivity index (χ2n) is 2.92. The fourth-order valence-electron chi connectivity index (χ4n) is 1.34. The summed E-state index contributed by atoms with van der Waals surface area (Å²) in [6.07, 6.45) is 1.37. The Labute approximate surface area is 93.6 Å². The fraction of sp³-hybridized carbons (Fsp3) is 0.250. The average Bonchev–Trinajstić information content (AvgIpc) is 2.32. The van der Waals surface area contributed by atoms with Crippen molar-refractivity contribution in [1.82, 2.24) is 9.97 Å². The van der Waals surface area contributed by atoms with Gasteiger partial charge in [0.15, 0.2) is 0 Å². The third kappa shape index (κ3) is 2.14. The first-order valence-electron chi connectivity index (χ1n) is 5.03. The number of fused-ring (bicyclic) bond motifs is 1. The molecule has 0 atom stereocenters. The SMILES string of the molecule is CC.Cc1ncnc2c(C#N)cc(F)cc12. The Balaban J connectivity index is 0.000000606. The van der Waals surface area contributed by atoms with Crippen molar-refractivity contribution in [3.63, 3.8) is 0 Å². The van der Waals surface area contributed by atoms with E-state index < -0.39 is 5.82 Å². The molecule has 0 aliphatic rings. The molecule has 0 saturated heterocycles. The molecule has 0 fully saturated rings. The zero-order chi connectivity index (χ0) is 12.1. The van der Waals surface area contributed by atoms with Crippen LogP contribution < -0.4 is 0 Å². The summed E-state index contributed by atoms with van der Waals surface area (Å²) in [5.74, 6) is -0.438. The van der Waals surface area contributed by atoms with Gasteiger partial charge in [-0.05, 0) is 19.1 Å². The number of nitriles is 1. The molecule has 16 heavy (non-hydrogen) atoms. The van der Waals surface area contributed by atoms with Gasteiger partial charge in [0.2, 0.25) is 0 Å². The largest absolute Gasteiger partial charge is 0.241 e. The highest BCUT2D eigenvalue weighted by Gasteiger charge is 2.06. The predicted molar refractivity (Wildman–Crippen MR) is 60.3 cm³/mol. The van der Waals surface area contributed by atoms with Crippen LogP contribution in [0.15, 0.2) is 18.5 Å². The predicted octanol–water partition coefficient (Wildman–Crippen LogP) is 2.98. The zero-order valence-electron chi connectivity index (χ0n) is 9.45. The Morgan fingerprint density at radius 1 is 1.25 bits per heavy atom. The van der Waals surface area contributed by atoms with E-state index in [1.54, 1.807) is 6.92 Å². The lowest BCUT2D eigenvalue weighted by atomic mass is 10.1. The first-order chi connectivity index (χ1) is 7.72. The molecule has 0 radical (unpaired) electrons. The van der Waals surface area contributed by atoms with Crippen LogP contribution in [0.5, 0.6) is 0 Å². The van der Waals surface area contributed by atoms with Crippen molar-refractivity contribution in [2.24, 2.45) is 0 Å². The molecule has 1 heterocycles. The third-order valence-electron chi connectivity index (χ3n) is 2.02. The van der Waals surface area contributed by atoms with Gasteiger partial charge in [-0.25, -0.2) is 14.4 Å². The molecule has 2 aromatic rings. The molecule has 0 amide bonds. The highest BCUT2D eigenvalue weighted by Crippen LogP contribution is 2.19. The molecule has 82 valence electrons. The molecule has 0 spiro atoms. The third-order valence-corrected chi connectivity index (χ3v) is 2.02. The lowest BCUT2D eigenvalue weighted by Gasteiger charge is -2.01. The maximum Gasteiger partial charge on any atom is 0.125 e. The number of benzene rings is 1. The Bertz CT molecular complexity index is 544. The van der Waals surface area contributed by atoms with Gasteiger partial charge in [0.05, 0.1) is 11.1 Å². The Morgan fingerprint density at radius 2 is 1.94 bits per heavy atom. The number of hydrogen-bond acceptors (Lipinski definition) is 3. The van der Waals surface area contributed by atoms with Gasteiger partial charge in [-0.2, -0.15) is 5.26 Å². The van der Waals surface area contributed by atoms with E-state index in [9.17, 15) is 4.39 Å². The number of nitrogens with zero attached hydrogens (tertiary/aromatic N) is 3. The average molecular weight is 217 g/mol. The van der Waals surface area contributed by atoms with Gasteiger partial charge in [-0.15, -0.1) is 0 Å². The van der Waals surface area contributed by atoms with Crippen molar-refractivity contribution in [3.8, 4) is 6.07 Å². The van der Waals surface area contributed by atoms with Gasteiger partial charge in [-0.3, -0.25) is 0 Å². The van der Waals surface area contributed by atoms with Crippen molar-refractivity contribution >= 4 is 10.9 Å². The van der Waals surface area contributed by atoms with E-state index in [0.29, 0.717) is 16.6 Å². The molecule has 2 rings (SSSR count). The summed E-state index contributed by atoms with van der Waals surface area (Å²) in [4.78, 5) is 7.89. The van der Waals surface area contributed by atoms with Crippen molar-refractivity contribution in [2.45, 2.75) is 20.8 Å². The van der Waals surface area contributed by atoms with E-state index in [1.165, 1.54) is 18.5 Å². The fourth-order valence-corrected chi connectivity index (χ4v) is 1.34. The number of rotatable bonds is 0. The van der Waals surface area contributed by atoms with Crippen LogP contribution in [0.2, 0.25) is 0 Å². The van der Waals surface area contributed by atoms with Gasteiger partial charge in [0.25, 0.3) is 0 Å². The van der Waals surface area contributed by atoms with Crippen molar-refractivity contribution in [3.05, 3.63) is 35.5 Å². The van der Waals surface area contributed by atoms with Crippen LogP contribution in [0.1, 0.15) is 25.1 Å². The summed E-state index contributed by atoms with van der Waals surface area (Å²) in [6, 6.07) is 4.42. The topological polar surface area (TPSA) is 49.6 Å². The molecule has 0 saturated carbocycles. The quantitative estimate of drug-likeness (QED) is 0.681. The molecule has 4 heteroatoms. The molecule has 0 unspecified atom stereocenters. The Hall–Kier alpha value is -2.02. The lowest BCUT2D eigenvalue weighted by Crippen LogP contribution is -1.91. The van der Waals surface area contributed by atoms with E-state index in [1.807, 2.05) is 19.9 Å². The maximum atomic E-state index is 13.1. The molecule has 1 aromatic carbocycles. The summed E-state index contributed by atoms with van der Waals surface area (Å²) < 4.78 is 13.1. The summed E-state index contributed by atoms with van der Waals surface area (Å²) in [5.41, 5.74) is 1.41. The minimum Gasteiger partial charge on any atom is -0.241 e. The van der Waals surface area contributed by atoms with Gasteiger partial charge >= 0.3 is 0 Å². The normalized spacial score (nSPS) is 9.19. The van der Waals surface area contributed by atoms with Crippen LogP contribution in [0.4, 0.5) is 4.39 Å². The van der Waals surface area contributed by atoms with Crippen molar-refractivity contribution in [1.29, 1.82) is 5.26 Å². The number of aromatic nitrogens is 2. The van der Waals surface area contributed by atoms with Crippen molar-refractivity contribution in [2.75, 3.05) is 0 Å². The maximum absolute atomic E-state index is 13.1. The minimum absolute atomic E-state index is 0.241. The summed E-state index contributed by atoms with van der Waals surface area (Å²) >= 11 is 0. The smallest absolute Gasteiger partial charge is 0.125 e. The van der Waals surface area contributed by atoms with Crippen LogP contribution >= 0.6 is 0 Å². The van der Waals surface area contributed by atoms with Crippen LogP contribution in [-0.4, -0.2) is 9.97 Å². The van der Waals surface area contributed by atoms with E-state index in [0.717, 1.165) is 0 Å². The van der Waals surface area contributed by atoms with Crippen LogP contribution in [0, 0.1) is 24.1 Å². The molecule has 1 aromatic heterocycles. The van der Waals surface area contributed by atoms with E-state index in [-0.39, 0.29) is 5.56 Å². The first-order valence-corrected chi connectivity index (χ1v) is 5.03. The number of halogens is 1. The molecule has 0 N–H and O–H groups in total. The van der Waals surface area contributed by atoms with Gasteiger partial charge in [-0.1, -0.05) is 13.8 Å². The standard InChI is InChI=1S/C10H6FN3.C2H6/c1-6-9-3-8(11)2-7(4-12)10(9)14-5-13-6;1-2/h2-3,5H,1H3;1-2H3. The van der Waals surface area contributed by atoms with Crippen LogP contribution in [-0.2, 0) is 0 Å².